The van der Waals surface area contributed by atoms with E-state index in [2.05, 4.69) is 13.2 Å². The molecule has 0 atom stereocenters. The van der Waals surface area contributed by atoms with Gasteiger partial charge in [-0.25, -0.2) is 0 Å². The van der Waals surface area contributed by atoms with Crippen molar-refractivity contribution < 1.29 is 14.6 Å². The molecule has 0 heterocycles. The molecule has 0 fully saturated rings. The third-order valence-corrected chi connectivity index (χ3v) is 1.93. The molecular weight excluding hydrogens is 204 g/mol. The predicted octanol–water partition coefficient (Wildman–Crippen LogP) is 2.19. The highest BCUT2D eigenvalue weighted by molar-refractivity contribution is 5.18. The molecule has 0 saturated carbocycles. The summed E-state index contributed by atoms with van der Waals surface area (Å²) in [6.07, 6.45) is 3.09. The van der Waals surface area contributed by atoms with E-state index in [1.54, 1.807) is 36.4 Å². The summed E-state index contributed by atoms with van der Waals surface area (Å²) in [4.78, 5) is 0. The van der Waals surface area contributed by atoms with Crippen LogP contribution >= 0.6 is 0 Å². The molecule has 0 bridgehead atoms. The Morgan fingerprint density at radius 2 is 1.56 bits per heavy atom. The number of benzene rings is 1. The molecule has 3 heteroatoms. The molecule has 16 heavy (non-hydrogen) atoms. The van der Waals surface area contributed by atoms with Gasteiger partial charge in [-0.05, 0) is 0 Å². The average molecular weight is 220 g/mol. The molecule has 86 valence electrons. The van der Waals surface area contributed by atoms with Crippen molar-refractivity contribution in [1.29, 1.82) is 0 Å². The molecule has 1 N–H and O–H groups in total. The minimum atomic E-state index is -1.75. The standard InChI is InChI=1S/C13H16O3/c1-3-10-15-13(14,16-11-4-2)12-8-6-5-7-9-12/h3-9,14H,1-2,10-11H2. The lowest BCUT2D eigenvalue weighted by Gasteiger charge is -2.27. The second-order valence-electron chi connectivity index (χ2n) is 3.15. The minimum absolute atomic E-state index is 0.197. The molecule has 3 nitrogen and oxygen atoms in total. The van der Waals surface area contributed by atoms with Gasteiger partial charge in [0.05, 0.1) is 13.2 Å². The molecule has 0 radical (unpaired) electrons. The van der Waals surface area contributed by atoms with Crippen LogP contribution in [-0.4, -0.2) is 18.3 Å². The first-order valence-electron chi connectivity index (χ1n) is 5.00. The van der Waals surface area contributed by atoms with E-state index >= 15 is 0 Å². The SMILES string of the molecule is C=CCOC(O)(OCC=C)c1ccccc1. The van der Waals surface area contributed by atoms with Gasteiger partial charge in [-0.15, -0.1) is 13.2 Å². The van der Waals surface area contributed by atoms with Crippen LogP contribution < -0.4 is 0 Å². The summed E-state index contributed by atoms with van der Waals surface area (Å²) in [5, 5.41) is 10.2. The van der Waals surface area contributed by atoms with E-state index in [4.69, 9.17) is 9.47 Å². The minimum Gasteiger partial charge on any atom is -0.339 e. The first-order valence-corrected chi connectivity index (χ1v) is 5.00. The molecule has 0 aromatic heterocycles. The molecule has 0 aliphatic carbocycles. The van der Waals surface area contributed by atoms with E-state index in [-0.39, 0.29) is 13.2 Å². The molecule has 0 amide bonds. The van der Waals surface area contributed by atoms with Crippen LogP contribution in [0.15, 0.2) is 55.6 Å². The summed E-state index contributed by atoms with van der Waals surface area (Å²) in [5.41, 5.74) is 0.540. The molecular formula is C13H16O3. The highest BCUT2D eigenvalue weighted by Crippen LogP contribution is 2.24. The zero-order chi connectivity index (χ0) is 11.9. The lowest BCUT2D eigenvalue weighted by atomic mass is 10.2. The van der Waals surface area contributed by atoms with Crippen molar-refractivity contribution in [2.45, 2.75) is 5.97 Å². The molecule has 1 aromatic rings. The van der Waals surface area contributed by atoms with E-state index in [0.717, 1.165) is 0 Å². The smallest absolute Gasteiger partial charge is 0.310 e. The maximum Gasteiger partial charge on any atom is 0.310 e. The summed E-state index contributed by atoms with van der Waals surface area (Å²) in [7, 11) is 0. The van der Waals surface area contributed by atoms with Crippen LogP contribution in [0, 0.1) is 0 Å². The fraction of sp³-hybridized carbons (Fsp3) is 0.231. The fourth-order valence-electron chi connectivity index (χ4n) is 1.20. The third kappa shape index (κ3) is 3.31. The zero-order valence-corrected chi connectivity index (χ0v) is 9.13. The molecule has 1 aromatic carbocycles. The van der Waals surface area contributed by atoms with Crippen LogP contribution in [0.1, 0.15) is 5.56 Å². The molecule has 0 unspecified atom stereocenters. The Hall–Kier alpha value is -1.42. The van der Waals surface area contributed by atoms with Crippen LogP contribution in [-0.2, 0) is 15.4 Å². The van der Waals surface area contributed by atoms with Crippen molar-refractivity contribution >= 4 is 0 Å². The molecule has 0 aliphatic rings. The normalized spacial score (nSPS) is 11.1. The summed E-state index contributed by atoms with van der Waals surface area (Å²) >= 11 is 0. The number of ether oxygens (including phenoxy) is 2. The van der Waals surface area contributed by atoms with E-state index in [1.165, 1.54) is 0 Å². The second kappa shape index (κ2) is 6.23. The highest BCUT2D eigenvalue weighted by Gasteiger charge is 2.30. The summed E-state index contributed by atoms with van der Waals surface area (Å²) in [6, 6.07) is 8.91. The Balaban J connectivity index is 2.84. The van der Waals surface area contributed by atoms with Crippen LogP contribution in [0.2, 0.25) is 0 Å². The Morgan fingerprint density at radius 1 is 1.06 bits per heavy atom. The van der Waals surface area contributed by atoms with Crippen LogP contribution in [0.5, 0.6) is 0 Å². The van der Waals surface area contributed by atoms with Crippen LogP contribution in [0.3, 0.4) is 0 Å². The Kier molecular flexibility index (Phi) is 4.92. The number of aliphatic hydroxyl groups is 1. The van der Waals surface area contributed by atoms with Crippen molar-refractivity contribution in [3.8, 4) is 0 Å². The summed E-state index contributed by atoms with van der Waals surface area (Å²) in [6.45, 7) is 7.45. The van der Waals surface area contributed by atoms with Crippen molar-refractivity contribution in [2.24, 2.45) is 0 Å². The zero-order valence-electron chi connectivity index (χ0n) is 9.13. The van der Waals surface area contributed by atoms with E-state index in [0.29, 0.717) is 5.56 Å². The first kappa shape index (κ1) is 12.6. The van der Waals surface area contributed by atoms with Gasteiger partial charge in [0.25, 0.3) is 0 Å². The van der Waals surface area contributed by atoms with E-state index in [9.17, 15) is 5.11 Å². The third-order valence-electron chi connectivity index (χ3n) is 1.93. The molecule has 1 rings (SSSR count). The van der Waals surface area contributed by atoms with Crippen molar-refractivity contribution in [3.63, 3.8) is 0 Å². The van der Waals surface area contributed by atoms with Crippen molar-refractivity contribution in [3.05, 3.63) is 61.2 Å². The number of rotatable bonds is 7. The van der Waals surface area contributed by atoms with Crippen LogP contribution in [0.25, 0.3) is 0 Å². The van der Waals surface area contributed by atoms with Gasteiger partial charge < -0.3 is 14.6 Å². The number of hydrogen-bond donors (Lipinski definition) is 1. The summed E-state index contributed by atoms with van der Waals surface area (Å²) in [5.74, 6) is -1.75. The topological polar surface area (TPSA) is 38.7 Å². The first-order chi connectivity index (χ1) is 7.73. The van der Waals surface area contributed by atoms with Crippen LogP contribution in [0.4, 0.5) is 0 Å². The van der Waals surface area contributed by atoms with E-state index < -0.39 is 5.97 Å². The lowest BCUT2D eigenvalue weighted by molar-refractivity contribution is -0.365. The van der Waals surface area contributed by atoms with E-state index in [1.807, 2.05) is 6.07 Å². The quantitative estimate of drug-likeness (QED) is 0.565. The highest BCUT2D eigenvalue weighted by atomic mass is 16.8. The monoisotopic (exact) mass is 220 g/mol. The Bertz CT molecular complexity index is 320. The Morgan fingerprint density at radius 3 is 2.00 bits per heavy atom. The number of hydrogen-bond acceptors (Lipinski definition) is 3. The van der Waals surface area contributed by atoms with Gasteiger partial charge in [0.15, 0.2) is 0 Å². The van der Waals surface area contributed by atoms with Gasteiger partial charge >= 0.3 is 5.97 Å². The second-order valence-corrected chi connectivity index (χ2v) is 3.15. The van der Waals surface area contributed by atoms with Gasteiger partial charge in [0.1, 0.15) is 0 Å². The van der Waals surface area contributed by atoms with Crippen molar-refractivity contribution in [1.82, 2.24) is 0 Å². The lowest BCUT2D eigenvalue weighted by Crippen LogP contribution is -2.33. The summed E-state index contributed by atoms with van der Waals surface area (Å²) < 4.78 is 10.5. The van der Waals surface area contributed by atoms with Gasteiger partial charge in [-0.3, -0.25) is 0 Å². The molecule has 0 spiro atoms. The Labute approximate surface area is 95.6 Å². The maximum atomic E-state index is 10.2. The average Bonchev–Trinajstić information content (AvgIpc) is 2.35. The maximum absolute atomic E-state index is 10.2. The largest absolute Gasteiger partial charge is 0.339 e. The van der Waals surface area contributed by atoms with Crippen molar-refractivity contribution in [2.75, 3.05) is 13.2 Å². The fourth-order valence-corrected chi connectivity index (χ4v) is 1.20. The van der Waals surface area contributed by atoms with Gasteiger partial charge in [0, 0.05) is 5.56 Å². The van der Waals surface area contributed by atoms with Gasteiger partial charge in [-0.1, -0.05) is 42.5 Å². The predicted molar refractivity (Wildman–Crippen MR) is 62.6 cm³/mol. The van der Waals surface area contributed by atoms with Gasteiger partial charge in [-0.2, -0.15) is 0 Å². The molecule has 0 saturated heterocycles. The van der Waals surface area contributed by atoms with Gasteiger partial charge in [0.2, 0.25) is 0 Å². The molecule has 0 aliphatic heterocycles.